The van der Waals surface area contributed by atoms with Crippen LogP contribution in [0.3, 0.4) is 0 Å². The van der Waals surface area contributed by atoms with Crippen molar-refractivity contribution < 1.29 is 13.2 Å². The third-order valence-electron chi connectivity index (χ3n) is 1.27. The third kappa shape index (κ3) is 8.36. The molecule has 0 saturated carbocycles. The summed E-state index contributed by atoms with van der Waals surface area (Å²) in [6.07, 6.45) is 0.0285. The Morgan fingerprint density at radius 3 is 2.57 bits per heavy atom. The van der Waals surface area contributed by atoms with E-state index in [0.717, 1.165) is 0 Å². The zero-order valence-corrected chi connectivity index (χ0v) is 9.95. The van der Waals surface area contributed by atoms with Gasteiger partial charge in [-0.15, -0.1) is 0 Å². The van der Waals surface area contributed by atoms with Crippen LogP contribution in [0.2, 0.25) is 0 Å². The SMILES string of the molecule is CC(C)OCCS(=O)(=O)NCC(N)=S. The van der Waals surface area contributed by atoms with Gasteiger partial charge in [0.25, 0.3) is 0 Å². The molecule has 0 aliphatic rings. The molecule has 0 aromatic rings. The first-order chi connectivity index (χ1) is 6.33. The molecule has 5 nitrogen and oxygen atoms in total. The normalized spacial score (nSPS) is 11.9. The van der Waals surface area contributed by atoms with E-state index < -0.39 is 10.0 Å². The number of ether oxygens (including phenoxy) is 1. The Morgan fingerprint density at radius 1 is 1.57 bits per heavy atom. The van der Waals surface area contributed by atoms with Gasteiger partial charge in [0.1, 0.15) is 0 Å². The van der Waals surface area contributed by atoms with Crippen molar-refractivity contribution in [2.75, 3.05) is 18.9 Å². The summed E-state index contributed by atoms with van der Waals surface area (Å²) in [6, 6.07) is 0. The predicted molar refractivity (Wildman–Crippen MR) is 59.7 cm³/mol. The Hall–Kier alpha value is -0.240. The Kier molecular flexibility index (Phi) is 6.17. The predicted octanol–water partition coefficient (Wildman–Crippen LogP) is -0.383. The van der Waals surface area contributed by atoms with Gasteiger partial charge < -0.3 is 10.5 Å². The molecule has 3 N–H and O–H groups in total. The van der Waals surface area contributed by atoms with Crippen LogP contribution in [0.25, 0.3) is 0 Å². The van der Waals surface area contributed by atoms with Crippen LogP contribution in [0.15, 0.2) is 0 Å². The monoisotopic (exact) mass is 240 g/mol. The first-order valence-corrected chi connectivity index (χ1v) is 6.27. The number of sulfonamides is 1. The summed E-state index contributed by atoms with van der Waals surface area (Å²) < 4.78 is 29.8. The molecule has 0 bridgehead atoms. The molecule has 14 heavy (non-hydrogen) atoms. The fraction of sp³-hybridized carbons (Fsp3) is 0.857. The number of rotatable bonds is 7. The molecular weight excluding hydrogens is 224 g/mol. The average Bonchev–Trinajstić information content (AvgIpc) is 2.00. The van der Waals surface area contributed by atoms with E-state index in [4.69, 9.17) is 10.5 Å². The molecular formula is C7H16N2O3S2. The highest BCUT2D eigenvalue weighted by atomic mass is 32.2. The minimum absolute atomic E-state index is 0.000650. The van der Waals surface area contributed by atoms with Crippen molar-refractivity contribution in [2.24, 2.45) is 5.73 Å². The standard InChI is InChI=1S/C7H16N2O3S2/c1-6(2)12-3-4-14(10,11)9-5-7(8)13/h6,9H,3-5H2,1-2H3,(H2,8,13). The summed E-state index contributed by atoms with van der Waals surface area (Å²) in [5.74, 6) is -0.0756. The van der Waals surface area contributed by atoms with Crippen LogP contribution in [0.1, 0.15) is 13.8 Å². The van der Waals surface area contributed by atoms with E-state index >= 15 is 0 Å². The summed E-state index contributed by atoms with van der Waals surface area (Å²) in [4.78, 5) is 0.123. The van der Waals surface area contributed by atoms with Crippen LogP contribution in [0.4, 0.5) is 0 Å². The second kappa shape index (κ2) is 6.28. The number of thiocarbonyl (C=S) groups is 1. The molecule has 0 heterocycles. The first-order valence-electron chi connectivity index (χ1n) is 4.21. The topological polar surface area (TPSA) is 81.4 Å². The van der Waals surface area contributed by atoms with Gasteiger partial charge in [-0.25, -0.2) is 13.1 Å². The largest absolute Gasteiger partial charge is 0.392 e. The molecule has 0 amide bonds. The summed E-state index contributed by atoms with van der Waals surface area (Å²) >= 11 is 4.54. The van der Waals surface area contributed by atoms with Gasteiger partial charge in [-0.05, 0) is 13.8 Å². The highest BCUT2D eigenvalue weighted by Gasteiger charge is 2.10. The van der Waals surface area contributed by atoms with Crippen molar-refractivity contribution in [2.45, 2.75) is 20.0 Å². The van der Waals surface area contributed by atoms with Crippen molar-refractivity contribution >= 4 is 27.2 Å². The van der Waals surface area contributed by atoms with Gasteiger partial charge in [0.2, 0.25) is 10.0 Å². The molecule has 7 heteroatoms. The van der Waals surface area contributed by atoms with Crippen molar-refractivity contribution in [1.29, 1.82) is 0 Å². The maximum atomic E-state index is 11.2. The molecule has 0 rings (SSSR count). The van der Waals surface area contributed by atoms with Crippen LogP contribution >= 0.6 is 12.2 Å². The van der Waals surface area contributed by atoms with Gasteiger partial charge in [-0.2, -0.15) is 0 Å². The van der Waals surface area contributed by atoms with Gasteiger partial charge in [0.15, 0.2) is 0 Å². The lowest BCUT2D eigenvalue weighted by atomic mass is 10.5. The number of hydrogen-bond acceptors (Lipinski definition) is 4. The average molecular weight is 240 g/mol. The first kappa shape index (κ1) is 13.8. The van der Waals surface area contributed by atoms with E-state index in [1.807, 2.05) is 13.8 Å². The van der Waals surface area contributed by atoms with Crippen molar-refractivity contribution in [1.82, 2.24) is 4.72 Å². The van der Waals surface area contributed by atoms with Crippen molar-refractivity contribution in [3.05, 3.63) is 0 Å². The second-order valence-corrected chi connectivity index (χ2v) is 5.48. The van der Waals surface area contributed by atoms with Crippen LogP contribution in [-0.2, 0) is 14.8 Å². The molecule has 0 spiro atoms. The zero-order valence-electron chi connectivity index (χ0n) is 8.32. The summed E-state index contributed by atoms with van der Waals surface area (Å²) in [7, 11) is -3.31. The molecule has 0 saturated heterocycles. The van der Waals surface area contributed by atoms with Crippen LogP contribution < -0.4 is 10.5 Å². The van der Waals surface area contributed by atoms with Crippen molar-refractivity contribution in [3.63, 3.8) is 0 Å². The fourth-order valence-corrected chi connectivity index (χ4v) is 1.65. The Labute approximate surface area is 90.1 Å². The molecule has 84 valence electrons. The summed E-state index contributed by atoms with van der Waals surface area (Å²) in [6.45, 7) is 3.85. The van der Waals surface area contributed by atoms with E-state index in [9.17, 15) is 8.42 Å². The van der Waals surface area contributed by atoms with Crippen LogP contribution in [-0.4, -0.2) is 38.4 Å². The van der Waals surface area contributed by atoms with Crippen LogP contribution in [0.5, 0.6) is 0 Å². The summed E-state index contributed by atoms with van der Waals surface area (Å²) in [5.41, 5.74) is 5.15. The Morgan fingerprint density at radius 2 is 2.14 bits per heavy atom. The lowest BCUT2D eigenvalue weighted by Crippen LogP contribution is -2.35. The Bertz CT molecular complexity index is 275. The molecule has 0 aromatic carbocycles. The van der Waals surface area contributed by atoms with E-state index in [2.05, 4.69) is 16.9 Å². The molecule has 0 radical (unpaired) electrons. The number of nitrogens with two attached hydrogens (primary N) is 1. The van der Waals surface area contributed by atoms with Gasteiger partial charge in [-0.1, -0.05) is 12.2 Å². The second-order valence-electron chi connectivity index (χ2n) is 3.03. The van der Waals surface area contributed by atoms with Gasteiger partial charge in [0.05, 0.1) is 30.0 Å². The molecule has 0 unspecified atom stereocenters. The van der Waals surface area contributed by atoms with E-state index in [1.54, 1.807) is 0 Å². The molecule has 0 aliphatic heterocycles. The number of hydrogen-bond donors (Lipinski definition) is 2. The fourth-order valence-electron chi connectivity index (χ4n) is 0.647. The third-order valence-corrected chi connectivity index (χ3v) is 2.70. The van der Waals surface area contributed by atoms with E-state index in [-0.39, 0.29) is 30.0 Å². The smallest absolute Gasteiger partial charge is 0.214 e. The highest BCUT2D eigenvalue weighted by Crippen LogP contribution is 1.90. The highest BCUT2D eigenvalue weighted by molar-refractivity contribution is 7.89. The maximum Gasteiger partial charge on any atom is 0.214 e. The van der Waals surface area contributed by atoms with Gasteiger partial charge >= 0.3 is 0 Å². The molecule has 0 fully saturated rings. The van der Waals surface area contributed by atoms with Crippen LogP contribution in [0, 0.1) is 0 Å². The molecule has 0 aliphatic carbocycles. The maximum absolute atomic E-state index is 11.2. The summed E-state index contributed by atoms with van der Waals surface area (Å²) in [5, 5.41) is 0. The quantitative estimate of drug-likeness (QED) is 0.593. The number of nitrogens with one attached hydrogen (secondary N) is 1. The van der Waals surface area contributed by atoms with E-state index in [1.165, 1.54) is 0 Å². The minimum atomic E-state index is -3.31. The Balaban J connectivity index is 3.79. The van der Waals surface area contributed by atoms with Crippen molar-refractivity contribution in [3.8, 4) is 0 Å². The van der Waals surface area contributed by atoms with Gasteiger partial charge in [0, 0.05) is 0 Å². The zero-order chi connectivity index (χ0) is 11.2. The van der Waals surface area contributed by atoms with Gasteiger partial charge in [-0.3, -0.25) is 0 Å². The van der Waals surface area contributed by atoms with E-state index in [0.29, 0.717) is 0 Å². The lowest BCUT2D eigenvalue weighted by molar-refractivity contribution is 0.0911. The minimum Gasteiger partial charge on any atom is -0.392 e. The molecule has 0 aromatic heterocycles. The lowest BCUT2D eigenvalue weighted by Gasteiger charge is -2.08. The molecule has 0 atom stereocenters.